The van der Waals surface area contributed by atoms with Crippen LogP contribution in [0, 0.1) is 11.8 Å². The molecule has 1 fully saturated rings. The molecule has 2 heteroatoms. The van der Waals surface area contributed by atoms with Gasteiger partial charge in [-0.25, -0.2) is 0 Å². The van der Waals surface area contributed by atoms with Gasteiger partial charge in [0.15, 0.2) is 0 Å². The molecule has 0 spiro atoms. The molecule has 3 unspecified atom stereocenters. The van der Waals surface area contributed by atoms with Crippen molar-refractivity contribution >= 4 is 11.0 Å². The van der Waals surface area contributed by atoms with Crippen LogP contribution in [0.2, 0.25) is 0 Å². The molecule has 0 radical (unpaired) electrons. The molecular weight excluding hydrogens is 234 g/mol. The second-order valence-corrected chi connectivity index (χ2v) is 6.01. The number of fused-ring (bicyclic) bond motifs is 1. The third-order valence-corrected chi connectivity index (χ3v) is 4.72. The molecule has 0 saturated heterocycles. The van der Waals surface area contributed by atoms with Gasteiger partial charge in [-0.3, -0.25) is 0 Å². The van der Waals surface area contributed by atoms with Crippen LogP contribution >= 0.6 is 0 Å². The lowest BCUT2D eigenvalue weighted by Gasteiger charge is -2.34. The number of para-hydroxylation sites is 1. The Morgan fingerprint density at radius 2 is 2.05 bits per heavy atom. The second-order valence-electron chi connectivity index (χ2n) is 6.01. The van der Waals surface area contributed by atoms with Crippen molar-refractivity contribution in [2.75, 3.05) is 0 Å². The average Bonchev–Trinajstić information content (AvgIpc) is 2.83. The molecule has 1 N–H and O–H groups in total. The van der Waals surface area contributed by atoms with Crippen molar-refractivity contribution in [1.82, 2.24) is 5.32 Å². The van der Waals surface area contributed by atoms with E-state index < -0.39 is 0 Å². The van der Waals surface area contributed by atoms with Crippen LogP contribution in [-0.4, -0.2) is 6.04 Å². The number of hydrogen-bond donors (Lipinski definition) is 1. The Bertz CT molecular complexity index is 512. The van der Waals surface area contributed by atoms with E-state index in [0.29, 0.717) is 6.04 Å². The standard InChI is InChI=1S/C17H23NO/c1-12-6-5-8-16(13(12)2)18-11-15-10-14-7-3-4-9-17(14)19-15/h3-4,7,9-10,12-13,16,18H,5-6,8,11H2,1-2H3. The molecule has 3 atom stereocenters. The fourth-order valence-electron chi connectivity index (χ4n) is 3.23. The SMILES string of the molecule is CC1CCCC(NCc2cc3ccccc3o2)C1C. The number of nitrogens with one attached hydrogen (secondary N) is 1. The number of hydrogen-bond acceptors (Lipinski definition) is 2. The summed E-state index contributed by atoms with van der Waals surface area (Å²) < 4.78 is 5.86. The van der Waals surface area contributed by atoms with Gasteiger partial charge in [0.05, 0.1) is 6.54 Å². The molecule has 1 heterocycles. The highest BCUT2D eigenvalue weighted by molar-refractivity contribution is 5.77. The Labute approximate surface area is 115 Å². The van der Waals surface area contributed by atoms with Gasteiger partial charge >= 0.3 is 0 Å². The first-order valence-electron chi connectivity index (χ1n) is 7.45. The Morgan fingerprint density at radius 1 is 1.21 bits per heavy atom. The fraction of sp³-hybridized carbons (Fsp3) is 0.529. The summed E-state index contributed by atoms with van der Waals surface area (Å²) in [6.45, 7) is 5.59. The maximum Gasteiger partial charge on any atom is 0.134 e. The quantitative estimate of drug-likeness (QED) is 0.884. The molecule has 1 aromatic heterocycles. The van der Waals surface area contributed by atoms with E-state index in [2.05, 4.69) is 37.4 Å². The molecule has 102 valence electrons. The van der Waals surface area contributed by atoms with E-state index in [1.165, 1.54) is 24.6 Å². The molecule has 2 nitrogen and oxygen atoms in total. The summed E-state index contributed by atoms with van der Waals surface area (Å²) in [6, 6.07) is 11.0. The van der Waals surface area contributed by atoms with Crippen molar-refractivity contribution in [2.24, 2.45) is 11.8 Å². The van der Waals surface area contributed by atoms with Crippen LogP contribution in [0.5, 0.6) is 0 Å². The highest BCUT2D eigenvalue weighted by Crippen LogP contribution is 2.29. The van der Waals surface area contributed by atoms with E-state index in [1.807, 2.05) is 12.1 Å². The van der Waals surface area contributed by atoms with Gasteiger partial charge < -0.3 is 9.73 Å². The van der Waals surface area contributed by atoms with Crippen LogP contribution < -0.4 is 5.32 Å². The zero-order valence-corrected chi connectivity index (χ0v) is 11.9. The fourth-order valence-corrected chi connectivity index (χ4v) is 3.23. The van der Waals surface area contributed by atoms with Crippen molar-refractivity contribution in [2.45, 2.75) is 45.7 Å². The summed E-state index contributed by atoms with van der Waals surface area (Å²) in [6.07, 6.45) is 4.03. The van der Waals surface area contributed by atoms with E-state index >= 15 is 0 Å². The molecule has 0 amide bonds. The molecule has 1 aliphatic carbocycles. The molecule has 0 bridgehead atoms. The predicted octanol–water partition coefficient (Wildman–Crippen LogP) is 4.35. The lowest BCUT2D eigenvalue weighted by Crippen LogP contribution is -2.40. The highest BCUT2D eigenvalue weighted by Gasteiger charge is 2.26. The zero-order valence-electron chi connectivity index (χ0n) is 11.9. The van der Waals surface area contributed by atoms with Crippen molar-refractivity contribution in [1.29, 1.82) is 0 Å². The zero-order chi connectivity index (χ0) is 13.2. The Hall–Kier alpha value is -1.28. The molecule has 1 aliphatic rings. The van der Waals surface area contributed by atoms with Crippen molar-refractivity contribution in [3.8, 4) is 0 Å². The van der Waals surface area contributed by atoms with E-state index in [9.17, 15) is 0 Å². The summed E-state index contributed by atoms with van der Waals surface area (Å²) in [5.41, 5.74) is 0.990. The summed E-state index contributed by atoms with van der Waals surface area (Å²) in [7, 11) is 0. The van der Waals surface area contributed by atoms with Crippen LogP contribution in [0.3, 0.4) is 0 Å². The maximum atomic E-state index is 5.86. The normalized spacial score (nSPS) is 27.8. The van der Waals surface area contributed by atoms with Crippen LogP contribution in [0.1, 0.15) is 38.9 Å². The van der Waals surface area contributed by atoms with Crippen LogP contribution in [-0.2, 0) is 6.54 Å². The lowest BCUT2D eigenvalue weighted by molar-refractivity contribution is 0.203. The minimum absolute atomic E-state index is 0.636. The molecule has 3 rings (SSSR count). The summed E-state index contributed by atoms with van der Waals surface area (Å²) in [5, 5.41) is 4.88. The van der Waals surface area contributed by atoms with Gasteiger partial charge in [-0.1, -0.05) is 44.9 Å². The molecule has 1 aromatic carbocycles. The van der Waals surface area contributed by atoms with Gasteiger partial charge in [-0.15, -0.1) is 0 Å². The van der Waals surface area contributed by atoms with Crippen molar-refractivity contribution < 1.29 is 4.42 Å². The van der Waals surface area contributed by atoms with Gasteiger partial charge in [0, 0.05) is 11.4 Å². The first kappa shape index (κ1) is 12.7. The first-order chi connectivity index (χ1) is 9.24. The van der Waals surface area contributed by atoms with E-state index in [0.717, 1.165) is 29.7 Å². The molecule has 0 aliphatic heterocycles. The Kier molecular flexibility index (Phi) is 3.61. The van der Waals surface area contributed by atoms with E-state index in [1.54, 1.807) is 0 Å². The first-order valence-corrected chi connectivity index (χ1v) is 7.45. The van der Waals surface area contributed by atoms with Crippen LogP contribution in [0.25, 0.3) is 11.0 Å². The summed E-state index contributed by atoms with van der Waals surface area (Å²) in [5.74, 6) is 2.65. The number of furan rings is 1. The Balaban J connectivity index is 1.65. The van der Waals surface area contributed by atoms with Crippen molar-refractivity contribution in [3.05, 3.63) is 36.1 Å². The van der Waals surface area contributed by atoms with Gasteiger partial charge in [0.2, 0.25) is 0 Å². The molecular formula is C17H23NO. The smallest absolute Gasteiger partial charge is 0.134 e. The maximum absolute atomic E-state index is 5.86. The van der Waals surface area contributed by atoms with Gasteiger partial charge in [0.25, 0.3) is 0 Å². The third kappa shape index (κ3) is 2.69. The highest BCUT2D eigenvalue weighted by atomic mass is 16.3. The topological polar surface area (TPSA) is 25.2 Å². The monoisotopic (exact) mass is 257 g/mol. The Morgan fingerprint density at radius 3 is 2.89 bits per heavy atom. The van der Waals surface area contributed by atoms with E-state index in [-0.39, 0.29) is 0 Å². The lowest BCUT2D eigenvalue weighted by atomic mass is 9.78. The summed E-state index contributed by atoms with van der Waals surface area (Å²) in [4.78, 5) is 0. The summed E-state index contributed by atoms with van der Waals surface area (Å²) >= 11 is 0. The molecule has 1 saturated carbocycles. The van der Waals surface area contributed by atoms with Gasteiger partial charge in [-0.05, 0) is 30.4 Å². The number of benzene rings is 1. The minimum Gasteiger partial charge on any atom is -0.460 e. The average molecular weight is 257 g/mol. The largest absolute Gasteiger partial charge is 0.460 e. The van der Waals surface area contributed by atoms with Gasteiger partial charge in [-0.2, -0.15) is 0 Å². The van der Waals surface area contributed by atoms with Gasteiger partial charge in [0.1, 0.15) is 11.3 Å². The van der Waals surface area contributed by atoms with Crippen molar-refractivity contribution in [3.63, 3.8) is 0 Å². The predicted molar refractivity (Wildman–Crippen MR) is 79.0 cm³/mol. The second kappa shape index (κ2) is 5.38. The van der Waals surface area contributed by atoms with Crippen LogP contribution in [0.15, 0.2) is 34.7 Å². The van der Waals surface area contributed by atoms with Crippen LogP contribution in [0.4, 0.5) is 0 Å². The third-order valence-electron chi connectivity index (χ3n) is 4.72. The molecule has 19 heavy (non-hydrogen) atoms. The molecule has 2 aromatic rings. The number of rotatable bonds is 3. The van der Waals surface area contributed by atoms with E-state index in [4.69, 9.17) is 4.42 Å². The minimum atomic E-state index is 0.636.